The van der Waals surface area contributed by atoms with Crippen molar-refractivity contribution < 1.29 is 9.53 Å². The van der Waals surface area contributed by atoms with Gasteiger partial charge in [0.1, 0.15) is 11.9 Å². The van der Waals surface area contributed by atoms with E-state index in [9.17, 15) is 4.79 Å². The normalized spacial score (nSPS) is 18.0. The highest BCUT2D eigenvalue weighted by molar-refractivity contribution is 5.89. The van der Waals surface area contributed by atoms with E-state index in [1.54, 1.807) is 11.9 Å². The molecule has 6 heteroatoms. The van der Waals surface area contributed by atoms with Crippen LogP contribution in [0.3, 0.4) is 0 Å². The van der Waals surface area contributed by atoms with Crippen LogP contribution in [-0.4, -0.2) is 34.3 Å². The molecule has 2 heterocycles. The summed E-state index contributed by atoms with van der Waals surface area (Å²) >= 11 is 0. The van der Waals surface area contributed by atoms with Gasteiger partial charge in [-0.1, -0.05) is 0 Å². The molecule has 2 aromatic rings. The van der Waals surface area contributed by atoms with Crippen molar-refractivity contribution in [2.24, 2.45) is 0 Å². The average Bonchev–Trinajstić information content (AvgIpc) is 3.23. The zero-order valence-electron chi connectivity index (χ0n) is 14.1. The van der Waals surface area contributed by atoms with E-state index >= 15 is 0 Å². The minimum absolute atomic E-state index is 0.128. The maximum absolute atomic E-state index is 12.4. The molecule has 1 atom stereocenters. The Morgan fingerprint density at radius 1 is 1.46 bits per heavy atom. The molecular formula is C18H22N4O2. The first kappa shape index (κ1) is 15.1. The van der Waals surface area contributed by atoms with Crippen LogP contribution in [0, 0.1) is 0 Å². The Kier molecular flexibility index (Phi) is 3.67. The summed E-state index contributed by atoms with van der Waals surface area (Å²) in [5.74, 6) is 0.918. The number of aromatic amines is 1. The van der Waals surface area contributed by atoms with E-state index in [1.807, 2.05) is 25.1 Å². The van der Waals surface area contributed by atoms with Crippen molar-refractivity contribution in [3.05, 3.63) is 40.7 Å². The van der Waals surface area contributed by atoms with Crippen LogP contribution in [-0.2, 0) is 25.8 Å². The number of amides is 2. The van der Waals surface area contributed by atoms with E-state index in [0.29, 0.717) is 6.54 Å². The van der Waals surface area contributed by atoms with E-state index in [-0.39, 0.29) is 12.1 Å². The Bertz CT molecular complexity index is 783. The van der Waals surface area contributed by atoms with Crippen molar-refractivity contribution in [2.75, 3.05) is 12.4 Å². The molecule has 1 aliphatic carbocycles. The number of nitrogens with one attached hydrogen (secondary N) is 2. The van der Waals surface area contributed by atoms with E-state index in [0.717, 1.165) is 42.0 Å². The van der Waals surface area contributed by atoms with E-state index < -0.39 is 0 Å². The number of ether oxygens (including phenoxy) is 1. The third-order valence-electron chi connectivity index (χ3n) is 4.77. The fourth-order valence-corrected chi connectivity index (χ4v) is 3.53. The molecule has 2 N–H and O–H groups in total. The molecule has 0 saturated heterocycles. The first-order chi connectivity index (χ1) is 11.6. The fraction of sp³-hybridized carbons (Fsp3) is 0.444. The van der Waals surface area contributed by atoms with Crippen LogP contribution in [0.2, 0.25) is 0 Å². The molecule has 2 aliphatic rings. The highest BCUT2D eigenvalue weighted by Crippen LogP contribution is 2.31. The van der Waals surface area contributed by atoms with Gasteiger partial charge in [0, 0.05) is 24.8 Å². The standard InChI is InChI=1S/C18H22N4O2/c1-11-8-12-9-13(6-7-17(12)24-11)19-18(23)22(2)10-16-14-4-3-5-15(14)20-21-16/h6-7,9,11H,3-5,8,10H2,1-2H3,(H,19,23)(H,20,21). The third-order valence-corrected chi connectivity index (χ3v) is 4.77. The number of rotatable bonds is 3. The van der Waals surface area contributed by atoms with Crippen LogP contribution in [0.4, 0.5) is 10.5 Å². The Morgan fingerprint density at radius 2 is 2.33 bits per heavy atom. The van der Waals surface area contributed by atoms with E-state index in [1.165, 1.54) is 17.7 Å². The number of anilines is 1. The maximum atomic E-state index is 12.4. The zero-order chi connectivity index (χ0) is 16.7. The second kappa shape index (κ2) is 5.85. The Morgan fingerprint density at radius 3 is 3.21 bits per heavy atom. The summed E-state index contributed by atoms with van der Waals surface area (Å²) in [6.45, 7) is 2.57. The summed E-state index contributed by atoms with van der Waals surface area (Å²) in [5.41, 5.74) is 5.45. The van der Waals surface area contributed by atoms with Crippen molar-refractivity contribution in [1.29, 1.82) is 0 Å². The predicted octanol–water partition coefficient (Wildman–Crippen LogP) is 2.89. The van der Waals surface area contributed by atoms with Gasteiger partial charge >= 0.3 is 6.03 Å². The summed E-state index contributed by atoms with van der Waals surface area (Å²) < 4.78 is 5.69. The molecule has 1 aromatic carbocycles. The Hall–Kier alpha value is -2.50. The van der Waals surface area contributed by atoms with Crippen molar-refractivity contribution in [3.8, 4) is 5.75 Å². The number of nitrogens with zero attached hydrogens (tertiary/aromatic N) is 2. The number of carbonyl (C=O) groups is 1. The van der Waals surface area contributed by atoms with Crippen LogP contribution in [0.15, 0.2) is 18.2 Å². The number of benzene rings is 1. The first-order valence-electron chi connectivity index (χ1n) is 8.47. The topological polar surface area (TPSA) is 70.2 Å². The lowest BCUT2D eigenvalue weighted by Crippen LogP contribution is -2.31. The van der Waals surface area contributed by atoms with Crippen LogP contribution >= 0.6 is 0 Å². The third kappa shape index (κ3) is 2.72. The molecule has 24 heavy (non-hydrogen) atoms. The van der Waals surface area contributed by atoms with E-state index in [2.05, 4.69) is 15.5 Å². The number of hydrogen-bond donors (Lipinski definition) is 2. The van der Waals surface area contributed by atoms with Gasteiger partial charge in [-0.05, 0) is 55.5 Å². The molecule has 6 nitrogen and oxygen atoms in total. The number of urea groups is 1. The molecule has 1 unspecified atom stereocenters. The molecule has 0 saturated carbocycles. The SMILES string of the molecule is CC1Cc2cc(NC(=O)N(C)Cc3n[nH]c4c3CCC4)ccc2O1. The highest BCUT2D eigenvalue weighted by Gasteiger charge is 2.22. The van der Waals surface area contributed by atoms with Gasteiger partial charge in [-0.3, -0.25) is 5.10 Å². The minimum Gasteiger partial charge on any atom is -0.490 e. The number of aromatic nitrogens is 2. The first-order valence-corrected chi connectivity index (χ1v) is 8.47. The molecule has 4 rings (SSSR count). The zero-order valence-corrected chi connectivity index (χ0v) is 14.1. The number of carbonyl (C=O) groups excluding carboxylic acids is 1. The molecule has 1 aliphatic heterocycles. The maximum Gasteiger partial charge on any atom is 0.321 e. The summed E-state index contributed by atoms with van der Waals surface area (Å²) in [6.07, 6.45) is 4.37. The number of H-pyrrole nitrogens is 1. The second-order valence-corrected chi connectivity index (χ2v) is 6.72. The summed E-state index contributed by atoms with van der Waals surface area (Å²) in [7, 11) is 1.80. The summed E-state index contributed by atoms with van der Waals surface area (Å²) in [5, 5.41) is 10.4. The van der Waals surface area contributed by atoms with Crippen LogP contribution in [0.25, 0.3) is 0 Å². The van der Waals surface area contributed by atoms with Crippen LogP contribution in [0.5, 0.6) is 5.75 Å². The monoisotopic (exact) mass is 326 g/mol. The molecule has 0 spiro atoms. The van der Waals surface area contributed by atoms with Gasteiger partial charge in [0.05, 0.1) is 12.2 Å². The second-order valence-electron chi connectivity index (χ2n) is 6.72. The molecule has 0 radical (unpaired) electrons. The van der Waals surface area contributed by atoms with Gasteiger partial charge in [-0.2, -0.15) is 5.10 Å². The average molecular weight is 326 g/mol. The molecule has 0 fully saturated rings. The van der Waals surface area contributed by atoms with Gasteiger partial charge in [-0.25, -0.2) is 4.79 Å². The summed E-state index contributed by atoms with van der Waals surface area (Å²) in [4.78, 5) is 14.1. The van der Waals surface area contributed by atoms with Crippen LogP contribution in [0.1, 0.15) is 35.9 Å². The molecule has 2 amide bonds. The Labute approximate surface area is 141 Å². The fourth-order valence-electron chi connectivity index (χ4n) is 3.53. The molecule has 0 bridgehead atoms. The van der Waals surface area contributed by atoms with Gasteiger partial charge in [0.25, 0.3) is 0 Å². The smallest absolute Gasteiger partial charge is 0.321 e. The lowest BCUT2D eigenvalue weighted by Gasteiger charge is -2.17. The molecule has 126 valence electrons. The van der Waals surface area contributed by atoms with Crippen molar-refractivity contribution >= 4 is 11.7 Å². The van der Waals surface area contributed by atoms with Crippen molar-refractivity contribution in [1.82, 2.24) is 15.1 Å². The lowest BCUT2D eigenvalue weighted by molar-refractivity contribution is 0.220. The van der Waals surface area contributed by atoms with Gasteiger partial charge in [-0.15, -0.1) is 0 Å². The number of fused-ring (bicyclic) bond motifs is 2. The van der Waals surface area contributed by atoms with Gasteiger partial charge in [0.2, 0.25) is 0 Å². The van der Waals surface area contributed by atoms with Gasteiger partial charge in [0.15, 0.2) is 0 Å². The highest BCUT2D eigenvalue weighted by atomic mass is 16.5. The largest absolute Gasteiger partial charge is 0.490 e. The quantitative estimate of drug-likeness (QED) is 0.911. The van der Waals surface area contributed by atoms with Gasteiger partial charge < -0.3 is 15.0 Å². The van der Waals surface area contributed by atoms with Crippen molar-refractivity contribution in [2.45, 2.75) is 45.3 Å². The summed E-state index contributed by atoms with van der Waals surface area (Å²) in [6, 6.07) is 5.68. The molecular weight excluding hydrogens is 304 g/mol. The number of hydrogen-bond acceptors (Lipinski definition) is 3. The Balaban J connectivity index is 1.41. The van der Waals surface area contributed by atoms with Crippen molar-refractivity contribution in [3.63, 3.8) is 0 Å². The minimum atomic E-state index is -0.128. The van der Waals surface area contributed by atoms with Crippen LogP contribution < -0.4 is 10.1 Å². The molecule has 1 aromatic heterocycles. The predicted molar refractivity (Wildman–Crippen MR) is 91.3 cm³/mol. The number of aryl methyl sites for hydroxylation is 1. The van der Waals surface area contributed by atoms with E-state index in [4.69, 9.17) is 4.74 Å². The lowest BCUT2D eigenvalue weighted by atomic mass is 10.1.